The molecule has 0 atom stereocenters. The molecule has 0 bridgehead atoms. The second-order valence-corrected chi connectivity index (χ2v) is 4.82. The first-order chi connectivity index (χ1) is 8.29. The van der Waals surface area contributed by atoms with Gasteiger partial charge in [-0.2, -0.15) is 0 Å². The van der Waals surface area contributed by atoms with E-state index in [0.29, 0.717) is 0 Å². The Kier molecular flexibility index (Phi) is 4.26. The first-order valence-corrected chi connectivity index (χ1v) is 6.58. The van der Waals surface area contributed by atoms with E-state index in [2.05, 4.69) is 22.3 Å². The highest BCUT2D eigenvalue weighted by Crippen LogP contribution is 2.20. The minimum atomic E-state index is 0.861. The van der Waals surface area contributed by atoms with Crippen molar-refractivity contribution in [2.75, 3.05) is 37.7 Å². The van der Waals surface area contributed by atoms with Gasteiger partial charge in [-0.1, -0.05) is 0 Å². The molecule has 0 spiro atoms. The first kappa shape index (κ1) is 12.2. The molecule has 1 heterocycles. The maximum Gasteiger partial charge on any atom is 0.0371 e. The summed E-state index contributed by atoms with van der Waals surface area (Å²) in [5.41, 5.74) is 9.25. The summed E-state index contributed by atoms with van der Waals surface area (Å²) < 4.78 is 0. The third-order valence-corrected chi connectivity index (χ3v) is 3.52. The van der Waals surface area contributed by atoms with Crippen LogP contribution in [-0.4, -0.2) is 31.6 Å². The van der Waals surface area contributed by atoms with E-state index >= 15 is 0 Å². The molecule has 17 heavy (non-hydrogen) atoms. The summed E-state index contributed by atoms with van der Waals surface area (Å²) >= 11 is 0. The Morgan fingerprint density at radius 1 is 1.29 bits per heavy atom. The van der Waals surface area contributed by atoms with Gasteiger partial charge in [-0.25, -0.2) is 0 Å². The molecule has 1 aliphatic rings. The fraction of sp³-hybridized carbons (Fsp3) is 0.571. The van der Waals surface area contributed by atoms with Crippen LogP contribution in [0.5, 0.6) is 0 Å². The number of aryl methyl sites for hydroxylation is 1. The summed E-state index contributed by atoms with van der Waals surface area (Å²) in [6, 6.07) is 6.12. The predicted octanol–water partition coefficient (Wildman–Crippen LogP) is 2.34. The van der Waals surface area contributed by atoms with Crippen LogP contribution in [-0.2, 0) is 6.42 Å². The van der Waals surface area contributed by atoms with Crippen LogP contribution >= 0.6 is 0 Å². The van der Waals surface area contributed by atoms with Gasteiger partial charge < -0.3 is 16.0 Å². The molecular formula is C14H23N3. The summed E-state index contributed by atoms with van der Waals surface area (Å²) in [4.78, 5) is 2.56. The highest BCUT2D eigenvalue weighted by atomic mass is 15.1. The van der Waals surface area contributed by atoms with Gasteiger partial charge in [-0.05, 0) is 69.1 Å². The summed E-state index contributed by atoms with van der Waals surface area (Å²) in [6.07, 6.45) is 5.08. The average molecular weight is 233 g/mol. The zero-order chi connectivity index (χ0) is 12.1. The van der Waals surface area contributed by atoms with Crippen molar-refractivity contribution >= 4 is 11.4 Å². The van der Waals surface area contributed by atoms with Gasteiger partial charge in [-0.15, -0.1) is 0 Å². The van der Waals surface area contributed by atoms with Crippen LogP contribution in [0.2, 0.25) is 0 Å². The van der Waals surface area contributed by atoms with Crippen molar-refractivity contribution in [1.29, 1.82) is 0 Å². The van der Waals surface area contributed by atoms with Crippen LogP contribution in [0, 0.1) is 0 Å². The normalized spacial score (nSPS) is 16.3. The van der Waals surface area contributed by atoms with Gasteiger partial charge in [0.25, 0.3) is 0 Å². The standard InChI is InChI=1S/C14H23N3/c1-16-14-7-6-13(15)11-12(14)5-4-10-17-8-2-3-9-17/h6-7,11,16H,2-5,8-10,15H2,1H3. The summed E-state index contributed by atoms with van der Waals surface area (Å²) in [5.74, 6) is 0. The molecule has 0 saturated carbocycles. The van der Waals surface area contributed by atoms with Gasteiger partial charge in [0.05, 0.1) is 0 Å². The van der Waals surface area contributed by atoms with E-state index in [1.165, 1.54) is 50.1 Å². The second-order valence-electron chi connectivity index (χ2n) is 4.82. The number of benzene rings is 1. The van der Waals surface area contributed by atoms with E-state index < -0.39 is 0 Å². The van der Waals surface area contributed by atoms with E-state index in [0.717, 1.165) is 12.1 Å². The molecule has 3 nitrogen and oxygen atoms in total. The van der Waals surface area contributed by atoms with Crippen LogP contribution in [0.15, 0.2) is 18.2 Å². The lowest BCUT2D eigenvalue weighted by atomic mass is 10.1. The Bertz CT molecular complexity index is 356. The molecule has 1 saturated heterocycles. The van der Waals surface area contributed by atoms with E-state index in [-0.39, 0.29) is 0 Å². The van der Waals surface area contributed by atoms with Crippen LogP contribution in [0.25, 0.3) is 0 Å². The van der Waals surface area contributed by atoms with Crippen LogP contribution in [0.3, 0.4) is 0 Å². The van der Waals surface area contributed by atoms with Gasteiger partial charge in [0.2, 0.25) is 0 Å². The van der Waals surface area contributed by atoms with E-state index in [1.807, 2.05) is 13.1 Å². The molecule has 3 N–H and O–H groups in total. The second kappa shape index (κ2) is 5.92. The number of hydrogen-bond donors (Lipinski definition) is 2. The first-order valence-electron chi connectivity index (χ1n) is 6.58. The van der Waals surface area contributed by atoms with Crippen LogP contribution in [0.4, 0.5) is 11.4 Å². The Morgan fingerprint density at radius 3 is 2.76 bits per heavy atom. The minimum absolute atomic E-state index is 0.861. The lowest BCUT2D eigenvalue weighted by Gasteiger charge is -2.15. The molecule has 0 amide bonds. The van der Waals surface area contributed by atoms with Crippen molar-refractivity contribution in [3.63, 3.8) is 0 Å². The molecule has 1 aromatic rings. The summed E-state index contributed by atoms with van der Waals surface area (Å²) in [6.45, 7) is 3.80. The van der Waals surface area contributed by atoms with Crippen LogP contribution < -0.4 is 11.1 Å². The van der Waals surface area contributed by atoms with Crippen molar-refractivity contribution < 1.29 is 0 Å². The molecule has 94 valence electrons. The van der Waals surface area contributed by atoms with Crippen molar-refractivity contribution in [1.82, 2.24) is 4.90 Å². The van der Waals surface area contributed by atoms with Crippen molar-refractivity contribution in [3.05, 3.63) is 23.8 Å². The monoisotopic (exact) mass is 233 g/mol. The number of likely N-dealkylation sites (tertiary alicyclic amines) is 1. The maximum absolute atomic E-state index is 5.84. The van der Waals surface area contributed by atoms with Crippen molar-refractivity contribution in [2.45, 2.75) is 25.7 Å². The molecule has 1 aliphatic heterocycles. The molecule has 0 radical (unpaired) electrons. The zero-order valence-electron chi connectivity index (χ0n) is 10.7. The number of nitrogens with zero attached hydrogens (tertiary/aromatic N) is 1. The summed E-state index contributed by atoms with van der Waals surface area (Å²) in [5, 5.41) is 3.23. The van der Waals surface area contributed by atoms with Crippen molar-refractivity contribution in [3.8, 4) is 0 Å². The fourth-order valence-electron chi connectivity index (χ4n) is 2.56. The Hall–Kier alpha value is -1.22. The SMILES string of the molecule is CNc1ccc(N)cc1CCCN1CCCC1. The molecule has 1 fully saturated rings. The Morgan fingerprint density at radius 2 is 2.06 bits per heavy atom. The van der Waals surface area contributed by atoms with Crippen LogP contribution in [0.1, 0.15) is 24.8 Å². The Balaban J connectivity index is 1.86. The quantitative estimate of drug-likeness (QED) is 0.767. The molecule has 2 rings (SSSR count). The number of nitrogens with two attached hydrogens (primary N) is 1. The zero-order valence-corrected chi connectivity index (χ0v) is 10.7. The number of hydrogen-bond acceptors (Lipinski definition) is 3. The lowest BCUT2D eigenvalue weighted by molar-refractivity contribution is 0.334. The van der Waals surface area contributed by atoms with Gasteiger partial charge in [-0.3, -0.25) is 0 Å². The van der Waals surface area contributed by atoms with Gasteiger partial charge in [0.15, 0.2) is 0 Å². The van der Waals surface area contributed by atoms with E-state index in [4.69, 9.17) is 5.73 Å². The number of rotatable bonds is 5. The van der Waals surface area contributed by atoms with Gasteiger partial charge in [0.1, 0.15) is 0 Å². The largest absolute Gasteiger partial charge is 0.399 e. The molecule has 1 aromatic carbocycles. The van der Waals surface area contributed by atoms with Gasteiger partial charge >= 0.3 is 0 Å². The summed E-state index contributed by atoms with van der Waals surface area (Å²) in [7, 11) is 1.97. The van der Waals surface area contributed by atoms with E-state index in [1.54, 1.807) is 0 Å². The minimum Gasteiger partial charge on any atom is -0.399 e. The third kappa shape index (κ3) is 3.37. The number of nitrogens with one attached hydrogen (secondary N) is 1. The molecule has 0 aromatic heterocycles. The molecular weight excluding hydrogens is 210 g/mol. The Labute approximate surface area is 104 Å². The van der Waals surface area contributed by atoms with Gasteiger partial charge in [0, 0.05) is 18.4 Å². The molecule has 3 heteroatoms. The lowest BCUT2D eigenvalue weighted by Crippen LogP contribution is -2.20. The smallest absolute Gasteiger partial charge is 0.0371 e. The number of anilines is 2. The van der Waals surface area contributed by atoms with Crippen molar-refractivity contribution in [2.24, 2.45) is 0 Å². The number of nitrogen functional groups attached to an aromatic ring is 1. The highest BCUT2D eigenvalue weighted by molar-refractivity contribution is 5.57. The topological polar surface area (TPSA) is 41.3 Å². The predicted molar refractivity (Wildman–Crippen MR) is 74.4 cm³/mol. The van der Waals surface area contributed by atoms with E-state index in [9.17, 15) is 0 Å². The molecule has 0 unspecified atom stereocenters. The maximum atomic E-state index is 5.84. The highest BCUT2D eigenvalue weighted by Gasteiger charge is 2.11. The average Bonchev–Trinajstić information content (AvgIpc) is 2.82. The fourth-order valence-corrected chi connectivity index (χ4v) is 2.56. The third-order valence-electron chi connectivity index (χ3n) is 3.52. The molecule has 0 aliphatic carbocycles.